The van der Waals surface area contributed by atoms with Gasteiger partial charge in [-0.3, -0.25) is 0 Å². The molecule has 0 bridgehead atoms. The van der Waals surface area contributed by atoms with Crippen molar-refractivity contribution in [1.82, 2.24) is 0 Å². The van der Waals surface area contributed by atoms with Crippen molar-refractivity contribution in [3.63, 3.8) is 0 Å². The van der Waals surface area contributed by atoms with Crippen LogP contribution in [0.5, 0.6) is 0 Å². The van der Waals surface area contributed by atoms with E-state index >= 15 is 0 Å². The first kappa shape index (κ1) is 16.8. The van der Waals surface area contributed by atoms with Crippen LogP contribution in [0, 0.1) is 11.6 Å². The molecule has 110 valence electrons. The Labute approximate surface area is 118 Å². The maximum absolute atomic E-state index is 13.4. The molecule has 0 fully saturated rings. The molecular formula is C14H19BF2O3. The summed E-state index contributed by atoms with van der Waals surface area (Å²) in [5, 5.41) is 19.6. The molecule has 0 amide bonds. The fourth-order valence-electron chi connectivity index (χ4n) is 1.31. The molecule has 0 heterocycles. The second-order valence-corrected chi connectivity index (χ2v) is 5.60. The van der Waals surface area contributed by atoms with E-state index in [0.717, 1.165) is 12.1 Å². The van der Waals surface area contributed by atoms with Crippen molar-refractivity contribution in [2.45, 2.75) is 38.9 Å². The van der Waals surface area contributed by atoms with Crippen molar-refractivity contribution < 1.29 is 23.6 Å². The van der Waals surface area contributed by atoms with Crippen LogP contribution in [0.1, 0.15) is 33.3 Å². The van der Waals surface area contributed by atoms with Crippen LogP contribution < -0.4 is 0 Å². The molecule has 20 heavy (non-hydrogen) atoms. The van der Waals surface area contributed by atoms with Gasteiger partial charge in [-0.2, -0.15) is 0 Å². The molecule has 1 aromatic rings. The number of rotatable bonds is 5. The Kier molecular flexibility index (Phi) is 5.07. The predicted molar refractivity (Wildman–Crippen MR) is 74.8 cm³/mol. The Bertz CT molecular complexity index is 496. The summed E-state index contributed by atoms with van der Waals surface area (Å²) in [4.78, 5) is 0. The average molecular weight is 284 g/mol. The van der Waals surface area contributed by atoms with Gasteiger partial charge in [0.2, 0.25) is 0 Å². The Morgan fingerprint density at radius 3 is 2.30 bits per heavy atom. The fraction of sp³-hybridized carbons (Fsp3) is 0.429. The van der Waals surface area contributed by atoms with Crippen molar-refractivity contribution in [2.75, 3.05) is 0 Å². The molecule has 0 aliphatic rings. The van der Waals surface area contributed by atoms with Crippen molar-refractivity contribution in [2.24, 2.45) is 0 Å². The van der Waals surface area contributed by atoms with Gasteiger partial charge in [0.05, 0.1) is 11.2 Å². The van der Waals surface area contributed by atoms with Crippen LogP contribution in [0.2, 0.25) is 0 Å². The quantitative estimate of drug-likeness (QED) is 0.817. The fourth-order valence-corrected chi connectivity index (χ4v) is 1.31. The van der Waals surface area contributed by atoms with Crippen LogP contribution >= 0.6 is 0 Å². The van der Waals surface area contributed by atoms with E-state index in [9.17, 15) is 18.9 Å². The zero-order valence-electron chi connectivity index (χ0n) is 12.0. The molecule has 0 aliphatic carbocycles. The van der Waals surface area contributed by atoms with E-state index in [2.05, 4.69) is 0 Å². The van der Waals surface area contributed by atoms with Crippen molar-refractivity contribution >= 4 is 13.2 Å². The summed E-state index contributed by atoms with van der Waals surface area (Å²) in [6, 6.07) is 3.14. The molecular weight excluding hydrogens is 265 g/mol. The Morgan fingerprint density at radius 1 is 1.20 bits per heavy atom. The third kappa shape index (κ3) is 4.40. The molecule has 0 spiro atoms. The van der Waals surface area contributed by atoms with Gasteiger partial charge in [0.1, 0.15) is 11.6 Å². The van der Waals surface area contributed by atoms with Crippen LogP contribution in [0.25, 0.3) is 6.08 Å². The Hall–Kier alpha value is -1.24. The molecule has 0 atom stereocenters. The van der Waals surface area contributed by atoms with Gasteiger partial charge in [-0.1, -0.05) is 12.1 Å². The van der Waals surface area contributed by atoms with Crippen LogP contribution in [0.15, 0.2) is 24.2 Å². The minimum absolute atomic E-state index is 0.134. The van der Waals surface area contributed by atoms with E-state index < -0.39 is 30.0 Å². The van der Waals surface area contributed by atoms with E-state index in [1.165, 1.54) is 18.1 Å². The first-order chi connectivity index (χ1) is 9.03. The SMILES string of the molecule is CC(C)(O)C(C)(C)OB(O)C=Cc1ccc(F)cc1F. The highest BCUT2D eigenvalue weighted by atomic mass is 19.1. The van der Waals surface area contributed by atoms with Gasteiger partial charge in [0, 0.05) is 11.6 Å². The lowest BCUT2D eigenvalue weighted by molar-refractivity contribution is -0.0984. The van der Waals surface area contributed by atoms with Gasteiger partial charge < -0.3 is 14.8 Å². The highest BCUT2D eigenvalue weighted by Crippen LogP contribution is 2.25. The van der Waals surface area contributed by atoms with Gasteiger partial charge in [0.25, 0.3) is 0 Å². The van der Waals surface area contributed by atoms with Crippen LogP contribution in [-0.2, 0) is 4.65 Å². The summed E-state index contributed by atoms with van der Waals surface area (Å²) in [5.74, 6) is -0.168. The molecule has 6 heteroatoms. The molecule has 0 saturated heterocycles. The maximum Gasteiger partial charge on any atom is 0.483 e. The highest BCUT2D eigenvalue weighted by molar-refractivity contribution is 6.50. The third-order valence-electron chi connectivity index (χ3n) is 3.29. The topological polar surface area (TPSA) is 49.7 Å². The zero-order chi connectivity index (χ0) is 15.6. The smallest absolute Gasteiger partial charge is 0.423 e. The van der Waals surface area contributed by atoms with Crippen LogP contribution in [0.4, 0.5) is 8.78 Å². The van der Waals surface area contributed by atoms with Crippen molar-refractivity contribution in [3.8, 4) is 0 Å². The largest absolute Gasteiger partial charge is 0.483 e. The minimum Gasteiger partial charge on any atom is -0.423 e. The van der Waals surface area contributed by atoms with Gasteiger partial charge >= 0.3 is 7.12 Å². The lowest BCUT2D eigenvalue weighted by atomic mass is 9.82. The molecule has 3 nitrogen and oxygen atoms in total. The molecule has 1 rings (SSSR count). The zero-order valence-corrected chi connectivity index (χ0v) is 12.0. The Morgan fingerprint density at radius 2 is 1.80 bits per heavy atom. The summed E-state index contributed by atoms with van der Waals surface area (Å²) in [7, 11) is -1.32. The molecule has 0 saturated carbocycles. The van der Waals surface area contributed by atoms with Crippen molar-refractivity contribution in [3.05, 3.63) is 41.4 Å². The monoisotopic (exact) mass is 284 g/mol. The van der Waals surface area contributed by atoms with E-state index in [1.807, 2.05) is 0 Å². The van der Waals surface area contributed by atoms with Gasteiger partial charge in [-0.25, -0.2) is 8.78 Å². The number of aliphatic hydroxyl groups is 1. The number of hydrogen-bond acceptors (Lipinski definition) is 3. The summed E-state index contributed by atoms with van der Waals surface area (Å²) in [5.41, 5.74) is -2.03. The minimum atomic E-state index is -1.32. The first-order valence-corrected chi connectivity index (χ1v) is 6.24. The predicted octanol–water partition coefficient (Wildman–Crippen LogP) is 2.56. The summed E-state index contributed by atoms with van der Waals surface area (Å²) < 4.78 is 31.4. The molecule has 0 aromatic heterocycles. The van der Waals surface area contributed by atoms with Crippen LogP contribution in [-0.4, -0.2) is 28.5 Å². The second-order valence-electron chi connectivity index (χ2n) is 5.60. The van der Waals surface area contributed by atoms with E-state index in [-0.39, 0.29) is 5.56 Å². The Balaban J connectivity index is 2.76. The lowest BCUT2D eigenvalue weighted by Gasteiger charge is -2.38. The third-order valence-corrected chi connectivity index (χ3v) is 3.29. The standard InChI is InChI=1S/C14H19BF2O3/c1-13(2,18)14(3,4)20-15(19)8-7-10-5-6-11(16)9-12(10)17/h5-9,18-19H,1-4H3. The van der Waals surface area contributed by atoms with Gasteiger partial charge in [0.15, 0.2) is 0 Å². The molecule has 0 aliphatic heterocycles. The van der Waals surface area contributed by atoms with Crippen molar-refractivity contribution in [1.29, 1.82) is 0 Å². The van der Waals surface area contributed by atoms with Crippen LogP contribution in [0.3, 0.4) is 0 Å². The number of hydrogen-bond donors (Lipinski definition) is 2. The van der Waals surface area contributed by atoms with Gasteiger partial charge in [-0.05, 0) is 39.8 Å². The summed E-state index contributed by atoms with van der Waals surface area (Å²) in [6.45, 7) is 6.37. The molecule has 0 unspecified atom stereocenters. The maximum atomic E-state index is 13.4. The van der Waals surface area contributed by atoms with E-state index in [4.69, 9.17) is 4.65 Å². The van der Waals surface area contributed by atoms with E-state index in [1.54, 1.807) is 27.7 Å². The molecule has 0 radical (unpaired) electrons. The second kappa shape index (κ2) is 6.03. The highest BCUT2D eigenvalue weighted by Gasteiger charge is 2.38. The van der Waals surface area contributed by atoms with Gasteiger partial charge in [-0.15, -0.1) is 0 Å². The normalized spacial score (nSPS) is 13.0. The van der Waals surface area contributed by atoms with E-state index in [0.29, 0.717) is 0 Å². The number of benzene rings is 1. The number of halogens is 2. The summed E-state index contributed by atoms with van der Waals surface area (Å²) >= 11 is 0. The average Bonchev–Trinajstić information content (AvgIpc) is 2.25. The molecule has 2 N–H and O–H groups in total. The molecule has 1 aromatic carbocycles. The summed E-state index contributed by atoms with van der Waals surface area (Å²) in [6.07, 6.45) is 1.29. The lowest BCUT2D eigenvalue weighted by Crippen LogP contribution is -2.50. The first-order valence-electron chi connectivity index (χ1n) is 6.24.